The minimum atomic E-state index is 0.157. The van der Waals surface area contributed by atoms with Gasteiger partial charge in [-0.25, -0.2) is 0 Å². The van der Waals surface area contributed by atoms with Crippen LogP contribution in [0.25, 0.3) is 0 Å². The van der Waals surface area contributed by atoms with E-state index in [0.717, 1.165) is 44.8 Å². The summed E-state index contributed by atoms with van der Waals surface area (Å²) in [6.07, 6.45) is 0. The van der Waals surface area contributed by atoms with Gasteiger partial charge in [0.2, 0.25) is 0 Å². The number of hydrogen-bond donors (Lipinski definition) is 0. The number of ketones is 1. The molecule has 0 amide bonds. The van der Waals surface area contributed by atoms with Gasteiger partial charge in [0.1, 0.15) is 0 Å². The van der Waals surface area contributed by atoms with E-state index in [2.05, 4.69) is 35.8 Å². The van der Waals surface area contributed by atoms with Crippen molar-refractivity contribution in [3.8, 4) is 0 Å². The number of Topliss-reactive ketones (excluding diaryl/α,β-unsaturated/α-hetero) is 1. The third kappa shape index (κ3) is 3.43. The van der Waals surface area contributed by atoms with Crippen molar-refractivity contribution < 1.29 is 4.79 Å². The maximum Gasteiger partial charge on any atom is 0.159 e. The lowest BCUT2D eigenvalue weighted by atomic mass is 10.0. The van der Waals surface area contributed by atoms with E-state index in [9.17, 15) is 4.79 Å². The van der Waals surface area contributed by atoms with Gasteiger partial charge in [0.15, 0.2) is 5.78 Å². The number of benzene rings is 1. The summed E-state index contributed by atoms with van der Waals surface area (Å²) in [5.41, 5.74) is 3.54. The van der Waals surface area contributed by atoms with Crippen molar-refractivity contribution >= 4 is 5.78 Å². The highest BCUT2D eigenvalue weighted by Gasteiger charge is 2.19. The van der Waals surface area contributed by atoms with Crippen LogP contribution in [0.15, 0.2) is 18.2 Å². The van der Waals surface area contributed by atoms with Crippen LogP contribution in [-0.4, -0.2) is 41.8 Å². The lowest BCUT2D eigenvalue weighted by molar-refractivity contribution is 0.101. The largest absolute Gasteiger partial charge is 0.303 e. The van der Waals surface area contributed by atoms with Crippen LogP contribution in [0.1, 0.15) is 42.3 Å². The van der Waals surface area contributed by atoms with Gasteiger partial charge in [-0.15, -0.1) is 0 Å². The fraction of sp³-hybridized carbons (Fsp3) is 0.562. The second-order valence-electron chi connectivity index (χ2n) is 5.28. The Morgan fingerprint density at radius 2 is 1.89 bits per heavy atom. The van der Waals surface area contributed by atoms with Gasteiger partial charge < -0.3 is 4.90 Å². The Morgan fingerprint density at radius 1 is 1.21 bits per heavy atom. The standard InChI is InChI=1S/C16H24N2O/c1-4-17(5-2)8-9-18-11-15-7-6-14(13(3)19)10-16(15)12-18/h6-7,10H,4-5,8-9,11-12H2,1-3H3. The van der Waals surface area contributed by atoms with Crippen LogP contribution in [0.3, 0.4) is 0 Å². The van der Waals surface area contributed by atoms with Crippen molar-refractivity contribution in [3.05, 3.63) is 34.9 Å². The molecule has 3 heteroatoms. The highest BCUT2D eigenvalue weighted by Crippen LogP contribution is 2.23. The Morgan fingerprint density at radius 3 is 2.53 bits per heavy atom. The first-order chi connectivity index (χ1) is 9.13. The molecule has 0 N–H and O–H groups in total. The van der Waals surface area contributed by atoms with Gasteiger partial charge in [-0.2, -0.15) is 0 Å². The van der Waals surface area contributed by atoms with Crippen LogP contribution in [0.2, 0.25) is 0 Å². The van der Waals surface area contributed by atoms with Gasteiger partial charge in [-0.3, -0.25) is 9.69 Å². The third-order valence-electron chi connectivity index (χ3n) is 4.03. The summed E-state index contributed by atoms with van der Waals surface area (Å²) < 4.78 is 0. The number of likely N-dealkylation sites (N-methyl/N-ethyl adjacent to an activating group) is 1. The molecular formula is C16H24N2O. The van der Waals surface area contributed by atoms with Crippen LogP contribution in [0, 0.1) is 0 Å². The number of carbonyl (C=O) groups excluding carboxylic acids is 1. The summed E-state index contributed by atoms with van der Waals surface area (Å²) in [5, 5.41) is 0. The average molecular weight is 260 g/mol. The summed E-state index contributed by atoms with van der Waals surface area (Å²) in [6, 6.07) is 6.13. The molecule has 0 bridgehead atoms. The number of carbonyl (C=O) groups is 1. The van der Waals surface area contributed by atoms with E-state index >= 15 is 0 Å². The van der Waals surface area contributed by atoms with Gasteiger partial charge in [-0.1, -0.05) is 26.0 Å². The third-order valence-corrected chi connectivity index (χ3v) is 4.03. The van der Waals surface area contributed by atoms with E-state index in [-0.39, 0.29) is 5.78 Å². The van der Waals surface area contributed by atoms with Crippen molar-refractivity contribution in [3.63, 3.8) is 0 Å². The number of fused-ring (bicyclic) bond motifs is 1. The maximum absolute atomic E-state index is 11.4. The molecule has 0 radical (unpaired) electrons. The molecule has 0 saturated heterocycles. The summed E-state index contributed by atoms with van der Waals surface area (Å²) in [6.45, 7) is 12.5. The zero-order valence-electron chi connectivity index (χ0n) is 12.3. The van der Waals surface area contributed by atoms with Gasteiger partial charge >= 0.3 is 0 Å². The summed E-state index contributed by atoms with van der Waals surface area (Å²) in [5.74, 6) is 0.157. The zero-order chi connectivity index (χ0) is 13.8. The Kier molecular flexibility index (Phi) is 4.72. The monoisotopic (exact) mass is 260 g/mol. The van der Waals surface area contributed by atoms with Gasteiger partial charge in [0, 0.05) is 31.7 Å². The molecule has 1 aromatic carbocycles. The second kappa shape index (κ2) is 6.31. The Labute approximate surface area is 116 Å². The van der Waals surface area contributed by atoms with Crippen LogP contribution in [-0.2, 0) is 13.1 Å². The van der Waals surface area contributed by atoms with Crippen LogP contribution in [0.5, 0.6) is 0 Å². The molecule has 0 fully saturated rings. The van der Waals surface area contributed by atoms with Gasteiger partial charge in [-0.05, 0) is 37.2 Å². The van der Waals surface area contributed by atoms with Crippen LogP contribution < -0.4 is 0 Å². The smallest absolute Gasteiger partial charge is 0.159 e. The SMILES string of the molecule is CCN(CC)CCN1Cc2ccc(C(C)=O)cc2C1. The molecule has 104 valence electrons. The van der Waals surface area contributed by atoms with E-state index in [4.69, 9.17) is 0 Å². The lowest BCUT2D eigenvalue weighted by Crippen LogP contribution is -2.32. The second-order valence-corrected chi connectivity index (χ2v) is 5.28. The number of nitrogens with zero attached hydrogens (tertiary/aromatic N) is 2. The topological polar surface area (TPSA) is 23.6 Å². The van der Waals surface area contributed by atoms with Crippen molar-refractivity contribution in [2.45, 2.75) is 33.9 Å². The van der Waals surface area contributed by atoms with E-state index in [1.54, 1.807) is 6.92 Å². The summed E-state index contributed by atoms with van der Waals surface area (Å²) in [4.78, 5) is 16.3. The Hall–Kier alpha value is -1.19. The maximum atomic E-state index is 11.4. The van der Waals surface area contributed by atoms with E-state index in [0.29, 0.717) is 0 Å². The Balaban J connectivity index is 1.94. The first kappa shape index (κ1) is 14.2. The molecule has 0 spiro atoms. The highest BCUT2D eigenvalue weighted by atomic mass is 16.1. The van der Waals surface area contributed by atoms with Gasteiger partial charge in [0.25, 0.3) is 0 Å². The molecule has 1 aliphatic rings. The van der Waals surface area contributed by atoms with Crippen LogP contribution >= 0.6 is 0 Å². The first-order valence-electron chi connectivity index (χ1n) is 7.21. The van der Waals surface area contributed by atoms with E-state index in [1.807, 2.05) is 6.07 Å². The number of hydrogen-bond acceptors (Lipinski definition) is 3. The van der Waals surface area contributed by atoms with Crippen molar-refractivity contribution in [1.29, 1.82) is 0 Å². The molecule has 0 atom stereocenters. The molecule has 1 aliphatic heterocycles. The molecular weight excluding hydrogens is 236 g/mol. The van der Waals surface area contributed by atoms with Crippen molar-refractivity contribution in [2.24, 2.45) is 0 Å². The minimum Gasteiger partial charge on any atom is -0.303 e. The lowest BCUT2D eigenvalue weighted by Gasteiger charge is -2.22. The van der Waals surface area contributed by atoms with E-state index < -0.39 is 0 Å². The molecule has 3 nitrogen and oxygen atoms in total. The van der Waals surface area contributed by atoms with Crippen molar-refractivity contribution in [1.82, 2.24) is 9.80 Å². The molecule has 2 rings (SSSR count). The van der Waals surface area contributed by atoms with Crippen molar-refractivity contribution in [2.75, 3.05) is 26.2 Å². The quantitative estimate of drug-likeness (QED) is 0.734. The van der Waals surface area contributed by atoms with Gasteiger partial charge in [0.05, 0.1) is 0 Å². The van der Waals surface area contributed by atoms with Crippen LogP contribution in [0.4, 0.5) is 0 Å². The molecule has 19 heavy (non-hydrogen) atoms. The summed E-state index contributed by atoms with van der Waals surface area (Å²) >= 11 is 0. The average Bonchev–Trinajstić information content (AvgIpc) is 2.81. The van der Waals surface area contributed by atoms with E-state index in [1.165, 1.54) is 11.1 Å². The molecule has 0 aliphatic carbocycles. The predicted molar refractivity (Wildman–Crippen MR) is 78.3 cm³/mol. The fourth-order valence-electron chi connectivity index (χ4n) is 2.66. The predicted octanol–water partition coefficient (Wildman–Crippen LogP) is 2.55. The number of rotatable bonds is 6. The highest BCUT2D eigenvalue weighted by molar-refractivity contribution is 5.94. The molecule has 0 saturated carbocycles. The first-order valence-corrected chi connectivity index (χ1v) is 7.21. The normalized spacial score (nSPS) is 14.9. The molecule has 1 heterocycles. The minimum absolute atomic E-state index is 0.157. The fourth-order valence-corrected chi connectivity index (χ4v) is 2.66. The molecule has 1 aromatic rings. The Bertz CT molecular complexity index is 452. The molecule has 0 aromatic heterocycles. The molecule has 0 unspecified atom stereocenters. The summed E-state index contributed by atoms with van der Waals surface area (Å²) in [7, 11) is 0. The zero-order valence-corrected chi connectivity index (χ0v) is 12.3.